The molecular weight excluding hydrogens is 332 g/mol. The van der Waals surface area contributed by atoms with Crippen LogP contribution < -0.4 is 10.6 Å². The Labute approximate surface area is 135 Å². The van der Waals surface area contributed by atoms with Crippen molar-refractivity contribution in [1.29, 1.82) is 0 Å². The Balaban J connectivity index is 2.10. The predicted molar refractivity (Wildman–Crippen MR) is 87.4 cm³/mol. The summed E-state index contributed by atoms with van der Waals surface area (Å²) in [6.45, 7) is 11.4. The minimum absolute atomic E-state index is 0.0136. The summed E-state index contributed by atoms with van der Waals surface area (Å²) in [6, 6.07) is 0.155. The molecule has 1 aliphatic rings. The van der Waals surface area contributed by atoms with Crippen LogP contribution in [0.4, 0.5) is 0 Å². The Morgan fingerprint density at radius 3 is 2.48 bits per heavy atom. The summed E-state index contributed by atoms with van der Waals surface area (Å²) in [5, 5.41) is 11.1. The molecule has 1 aromatic heterocycles. The smallest absolute Gasteiger partial charge is 0.273 e. The molecule has 0 unspecified atom stereocenters. The van der Waals surface area contributed by atoms with E-state index in [0.717, 1.165) is 23.9 Å². The van der Waals surface area contributed by atoms with Gasteiger partial charge < -0.3 is 10.6 Å². The number of carbonyl (C=O) groups is 1. The molecule has 1 fully saturated rings. The lowest BCUT2D eigenvalue weighted by molar-refractivity contribution is 0.0866. The van der Waals surface area contributed by atoms with Crippen molar-refractivity contribution < 1.29 is 4.79 Å². The third-order valence-corrected chi connectivity index (χ3v) is 4.36. The van der Waals surface area contributed by atoms with E-state index in [0.29, 0.717) is 5.69 Å². The molecule has 0 saturated carbocycles. The second-order valence-electron chi connectivity index (χ2n) is 7.15. The number of nitrogens with one attached hydrogen (secondary N) is 2. The highest BCUT2D eigenvalue weighted by Gasteiger charge is 2.38. The summed E-state index contributed by atoms with van der Waals surface area (Å²) in [5.41, 5.74) is 0.491. The maximum absolute atomic E-state index is 12.4. The Bertz CT molecular complexity index is 520. The molecule has 5 nitrogen and oxygen atoms in total. The summed E-state index contributed by atoms with van der Waals surface area (Å²) in [4.78, 5) is 12.4. The van der Waals surface area contributed by atoms with Gasteiger partial charge in [0.15, 0.2) is 5.69 Å². The molecule has 0 bridgehead atoms. The van der Waals surface area contributed by atoms with E-state index in [1.165, 1.54) is 0 Å². The molecule has 2 heterocycles. The average Bonchev–Trinajstić information content (AvgIpc) is 2.66. The van der Waals surface area contributed by atoms with Crippen LogP contribution in [-0.4, -0.2) is 32.8 Å². The van der Waals surface area contributed by atoms with E-state index in [2.05, 4.69) is 59.4 Å². The van der Waals surface area contributed by atoms with Gasteiger partial charge in [0.2, 0.25) is 0 Å². The van der Waals surface area contributed by atoms with Gasteiger partial charge in [0.25, 0.3) is 5.91 Å². The fraction of sp³-hybridized carbons (Fsp3) is 0.733. The van der Waals surface area contributed by atoms with E-state index in [1.54, 1.807) is 4.68 Å². The van der Waals surface area contributed by atoms with Crippen molar-refractivity contribution in [3.8, 4) is 0 Å². The summed E-state index contributed by atoms with van der Waals surface area (Å²) >= 11 is 3.41. The highest BCUT2D eigenvalue weighted by atomic mass is 79.9. The third kappa shape index (κ3) is 4.07. The lowest BCUT2D eigenvalue weighted by atomic mass is 9.79. The number of rotatable bonds is 3. The van der Waals surface area contributed by atoms with Crippen molar-refractivity contribution in [3.05, 3.63) is 16.4 Å². The number of aromatic nitrogens is 2. The Hall–Kier alpha value is -0.880. The number of piperidine rings is 1. The van der Waals surface area contributed by atoms with E-state index in [-0.39, 0.29) is 23.0 Å². The van der Waals surface area contributed by atoms with E-state index in [4.69, 9.17) is 0 Å². The lowest BCUT2D eigenvalue weighted by Gasteiger charge is -2.46. The lowest BCUT2D eigenvalue weighted by Crippen LogP contribution is -2.62. The minimum Gasteiger partial charge on any atom is -0.348 e. The van der Waals surface area contributed by atoms with Crippen LogP contribution in [0.5, 0.6) is 0 Å². The first kappa shape index (κ1) is 16.5. The maximum Gasteiger partial charge on any atom is 0.273 e. The van der Waals surface area contributed by atoms with Crippen molar-refractivity contribution in [2.45, 2.75) is 71.1 Å². The van der Waals surface area contributed by atoms with Crippen LogP contribution in [0.25, 0.3) is 0 Å². The molecule has 6 heteroatoms. The molecule has 2 N–H and O–H groups in total. The molecule has 21 heavy (non-hydrogen) atoms. The number of halogens is 1. The van der Waals surface area contributed by atoms with Gasteiger partial charge in [-0.05, 0) is 63.4 Å². The minimum atomic E-state index is -0.104. The van der Waals surface area contributed by atoms with Gasteiger partial charge in [-0.3, -0.25) is 9.48 Å². The molecule has 0 atom stereocenters. The van der Waals surface area contributed by atoms with Crippen LogP contribution in [-0.2, 0) is 6.54 Å². The first-order valence-corrected chi connectivity index (χ1v) is 8.24. The van der Waals surface area contributed by atoms with Crippen LogP contribution in [0.15, 0.2) is 10.7 Å². The van der Waals surface area contributed by atoms with Gasteiger partial charge in [-0.15, -0.1) is 0 Å². The molecule has 0 radical (unpaired) electrons. The average molecular weight is 357 g/mol. The van der Waals surface area contributed by atoms with Crippen molar-refractivity contribution in [2.24, 2.45) is 0 Å². The molecule has 0 aromatic carbocycles. The van der Waals surface area contributed by atoms with Crippen LogP contribution in [0.3, 0.4) is 0 Å². The number of hydrogen-bond donors (Lipinski definition) is 2. The zero-order valence-electron chi connectivity index (χ0n) is 13.5. The van der Waals surface area contributed by atoms with Crippen molar-refractivity contribution >= 4 is 21.8 Å². The molecule has 1 aliphatic heterocycles. The van der Waals surface area contributed by atoms with Crippen molar-refractivity contribution in [3.63, 3.8) is 0 Å². The van der Waals surface area contributed by atoms with Gasteiger partial charge >= 0.3 is 0 Å². The van der Waals surface area contributed by atoms with E-state index in [9.17, 15) is 4.79 Å². The van der Waals surface area contributed by atoms with E-state index in [1.807, 2.05) is 13.1 Å². The van der Waals surface area contributed by atoms with Crippen molar-refractivity contribution in [2.75, 3.05) is 0 Å². The van der Waals surface area contributed by atoms with Crippen LogP contribution in [0.1, 0.15) is 57.9 Å². The molecule has 0 spiro atoms. The standard InChI is InChI=1S/C15H25BrN4O/c1-6-20-9-11(16)12(18-20)13(21)17-10-7-14(2,3)19-15(4,5)8-10/h9-10,19H,6-8H2,1-5H3,(H,17,21). The second-order valence-corrected chi connectivity index (χ2v) is 8.01. The predicted octanol–water partition coefficient (Wildman–Crippen LogP) is 2.70. The van der Waals surface area contributed by atoms with Crippen LogP contribution >= 0.6 is 15.9 Å². The fourth-order valence-corrected chi connectivity index (χ4v) is 3.89. The van der Waals surface area contributed by atoms with Gasteiger partial charge in [-0.1, -0.05) is 0 Å². The van der Waals surface area contributed by atoms with Gasteiger partial charge in [-0.25, -0.2) is 0 Å². The second kappa shape index (κ2) is 5.72. The van der Waals surface area contributed by atoms with Crippen molar-refractivity contribution in [1.82, 2.24) is 20.4 Å². The summed E-state index contributed by atoms with van der Waals surface area (Å²) in [7, 11) is 0. The zero-order chi connectivity index (χ0) is 15.8. The van der Waals surface area contributed by atoms with Gasteiger partial charge in [0.05, 0.1) is 4.47 Å². The first-order chi connectivity index (χ1) is 9.62. The number of aryl methyl sites for hydroxylation is 1. The molecule has 1 saturated heterocycles. The fourth-order valence-electron chi connectivity index (χ4n) is 3.39. The van der Waals surface area contributed by atoms with E-state index < -0.39 is 0 Å². The topological polar surface area (TPSA) is 59.0 Å². The number of carbonyl (C=O) groups excluding carboxylic acids is 1. The monoisotopic (exact) mass is 356 g/mol. The Kier molecular flexibility index (Phi) is 4.49. The highest BCUT2D eigenvalue weighted by molar-refractivity contribution is 9.10. The molecule has 118 valence electrons. The SMILES string of the molecule is CCn1cc(Br)c(C(=O)NC2CC(C)(C)NC(C)(C)C2)n1. The quantitative estimate of drug-likeness (QED) is 0.875. The molecule has 1 amide bonds. The van der Waals surface area contributed by atoms with Crippen LogP contribution in [0, 0.1) is 0 Å². The first-order valence-electron chi connectivity index (χ1n) is 7.45. The van der Waals surface area contributed by atoms with Gasteiger partial charge in [0, 0.05) is 29.9 Å². The zero-order valence-corrected chi connectivity index (χ0v) is 15.0. The maximum atomic E-state index is 12.4. The third-order valence-electron chi connectivity index (χ3n) is 3.78. The molecule has 1 aromatic rings. The summed E-state index contributed by atoms with van der Waals surface area (Å²) in [6.07, 6.45) is 3.66. The largest absolute Gasteiger partial charge is 0.348 e. The van der Waals surface area contributed by atoms with Crippen LogP contribution in [0.2, 0.25) is 0 Å². The number of hydrogen-bond acceptors (Lipinski definition) is 3. The Morgan fingerprint density at radius 1 is 1.43 bits per heavy atom. The summed E-state index contributed by atoms with van der Waals surface area (Å²) in [5.74, 6) is -0.104. The van der Waals surface area contributed by atoms with Gasteiger partial charge in [0.1, 0.15) is 0 Å². The highest BCUT2D eigenvalue weighted by Crippen LogP contribution is 2.28. The summed E-state index contributed by atoms with van der Waals surface area (Å²) < 4.78 is 2.50. The Morgan fingerprint density at radius 2 is 2.00 bits per heavy atom. The molecule has 2 rings (SSSR count). The number of amides is 1. The molecule has 0 aliphatic carbocycles. The van der Waals surface area contributed by atoms with Gasteiger partial charge in [-0.2, -0.15) is 5.10 Å². The van der Waals surface area contributed by atoms with E-state index >= 15 is 0 Å². The number of nitrogens with zero attached hydrogens (tertiary/aromatic N) is 2. The normalized spacial score (nSPS) is 21.2. The molecular formula is C15H25BrN4O.